The van der Waals surface area contributed by atoms with Gasteiger partial charge in [-0.2, -0.15) is 0 Å². The highest BCUT2D eigenvalue weighted by Crippen LogP contribution is 2.33. The molecule has 0 radical (unpaired) electrons. The lowest BCUT2D eigenvalue weighted by Crippen LogP contribution is -2.39. The van der Waals surface area contributed by atoms with Crippen LogP contribution >= 0.6 is 0 Å². The topological polar surface area (TPSA) is 76.1 Å². The Bertz CT molecular complexity index is 514. The first kappa shape index (κ1) is 14.3. The maximum atomic E-state index is 11.9. The fraction of sp³-hybridized carbons (Fsp3) is 0.429. The van der Waals surface area contributed by atoms with E-state index < -0.39 is 0 Å². The zero-order valence-electron chi connectivity index (χ0n) is 11.3. The molecule has 0 aliphatic carbocycles. The number of amides is 1. The molecule has 2 rings (SSSR count). The minimum absolute atomic E-state index is 0.0277. The van der Waals surface area contributed by atoms with Gasteiger partial charge in [0.25, 0.3) is 5.91 Å². The van der Waals surface area contributed by atoms with Crippen LogP contribution in [0.4, 0.5) is 5.69 Å². The van der Waals surface area contributed by atoms with Crippen LogP contribution < -0.4 is 9.64 Å². The minimum Gasteiger partial charge on any atom is -0.482 e. The summed E-state index contributed by atoms with van der Waals surface area (Å²) in [7, 11) is 1.34. The highest BCUT2D eigenvalue weighted by Gasteiger charge is 2.25. The number of aliphatic hydroxyl groups is 1. The maximum Gasteiger partial charge on any atom is 0.305 e. The van der Waals surface area contributed by atoms with E-state index in [-0.39, 0.29) is 31.5 Å². The third-order valence-electron chi connectivity index (χ3n) is 3.14. The van der Waals surface area contributed by atoms with Crippen molar-refractivity contribution in [1.82, 2.24) is 0 Å². The van der Waals surface area contributed by atoms with Crippen molar-refractivity contribution in [3.63, 3.8) is 0 Å². The number of fused-ring (bicyclic) bond motifs is 1. The Morgan fingerprint density at radius 3 is 3.00 bits per heavy atom. The average molecular weight is 279 g/mol. The number of aliphatic hydroxyl groups excluding tert-OH is 1. The van der Waals surface area contributed by atoms with Gasteiger partial charge in [-0.05, 0) is 24.1 Å². The lowest BCUT2D eigenvalue weighted by Gasteiger charge is -2.29. The Morgan fingerprint density at radius 1 is 1.50 bits per heavy atom. The lowest BCUT2D eigenvalue weighted by molar-refractivity contribution is -0.140. The summed E-state index contributed by atoms with van der Waals surface area (Å²) < 4.78 is 9.93. The molecule has 1 heterocycles. The lowest BCUT2D eigenvalue weighted by atomic mass is 10.1. The summed E-state index contributed by atoms with van der Waals surface area (Å²) in [5, 5.41) is 9.10. The second kappa shape index (κ2) is 6.38. The third kappa shape index (κ3) is 3.08. The van der Waals surface area contributed by atoms with Crippen LogP contribution in [-0.2, 0) is 20.9 Å². The summed E-state index contributed by atoms with van der Waals surface area (Å²) in [4.78, 5) is 24.6. The van der Waals surface area contributed by atoms with Gasteiger partial charge >= 0.3 is 5.97 Å². The Balaban J connectivity index is 2.09. The minimum atomic E-state index is -0.290. The van der Waals surface area contributed by atoms with Gasteiger partial charge in [0.1, 0.15) is 5.75 Å². The van der Waals surface area contributed by atoms with Gasteiger partial charge in [0.2, 0.25) is 0 Å². The van der Waals surface area contributed by atoms with Gasteiger partial charge in [-0.15, -0.1) is 0 Å². The summed E-state index contributed by atoms with van der Waals surface area (Å²) in [5.74, 6) is 0.148. The molecule has 0 unspecified atom stereocenters. The van der Waals surface area contributed by atoms with Crippen LogP contribution in [0.3, 0.4) is 0 Å². The number of ether oxygens (including phenoxy) is 2. The van der Waals surface area contributed by atoms with Crippen LogP contribution in [-0.4, -0.2) is 37.2 Å². The van der Waals surface area contributed by atoms with Crippen LogP contribution in [0.5, 0.6) is 5.75 Å². The standard InChI is InChI=1S/C14H17NO5/c1-19-14(18)3-2-6-15-11-5-4-10(8-16)7-12(11)20-9-13(15)17/h4-5,7,16H,2-3,6,8-9H2,1H3. The molecule has 0 fully saturated rings. The van der Waals surface area contributed by atoms with E-state index >= 15 is 0 Å². The zero-order valence-corrected chi connectivity index (χ0v) is 11.3. The monoisotopic (exact) mass is 279 g/mol. The first-order chi connectivity index (χ1) is 9.65. The molecule has 1 aromatic rings. The van der Waals surface area contributed by atoms with Crippen LogP contribution in [0, 0.1) is 0 Å². The third-order valence-corrected chi connectivity index (χ3v) is 3.14. The fourth-order valence-corrected chi connectivity index (χ4v) is 2.08. The van der Waals surface area contributed by atoms with E-state index in [2.05, 4.69) is 4.74 Å². The van der Waals surface area contributed by atoms with Crippen LogP contribution in [0.1, 0.15) is 18.4 Å². The van der Waals surface area contributed by atoms with Crippen molar-refractivity contribution in [3.05, 3.63) is 23.8 Å². The van der Waals surface area contributed by atoms with E-state index in [1.807, 2.05) is 0 Å². The van der Waals surface area contributed by atoms with Crippen molar-refractivity contribution in [2.24, 2.45) is 0 Å². The summed E-state index contributed by atoms with van der Waals surface area (Å²) in [6.07, 6.45) is 0.796. The van der Waals surface area contributed by atoms with Gasteiger partial charge in [-0.25, -0.2) is 0 Å². The second-order valence-electron chi connectivity index (χ2n) is 4.47. The zero-order chi connectivity index (χ0) is 14.5. The van der Waals surface area contributed by atoms with E-state index in [0.717, 1.165) is 5.56 Å². The summed E-state index contributed by atoms with van der Waals surface area (Å²) >= 11 is 0. The molecule has 20 heavy (non-hydrogen) atoms. The Kier molecular flexibility index (Phi) is 4.57. The van der Waals surface area contributed by atoms with Crippen LogP contribution in [0.25, 0.3) is 0 Å². The molecule has 1 amide bonds. The number of carbonyl (C=O) groups excluding carboxylic acids is 2. The number of anilines is 1. The Hall–Kier alpha value is -2.08. The second-order valence-corrected chi connectivity index (χ2v) is 4.47. The molecule has 1 aliphatic rings. The van der Waals surface area contributed by atoms with E-state index in [9.17, 15) is 9.59 Å². The number of rotatable bonds is 5. The van der Waals surface area contributed by atoms with E-state index in [1.54, 1.807) is 23.1 Å². The number of benzene rings is 1. The molecule has 0 saturated heterocycles. The summed E-state index contributed by atoms with van der Waals surface area (Å²) in [6.45, 7) is 0.329. The molecule has 0 aromatic heterocycles. The molecule has 1 aliphatic heterocycles. The largest absolute Gasteiger partial charge is 0.482 e. The average Bonchev–Trinajstić information content (AvgIpc) is 2.48. The van der Waals surface area contributed by atoms with Gasteiger partial charge in [0, 0.05) is 13.0 Å². The molecule has 6 nitrogen and oxygen atoms in total. The number of methoxy groups -OCH3 is 1. The highest BCUT2D eigenvalue weighted by molar-refractivity contribution is 5.97. The highest BCUT2D eigenvalue weighted by atomic mass is 16.5. The van der Waals surface area contributed by atoms with E-state index in [1.165, 1.54) is 7.11 Å². The summed E-state index contributed by atoms with van der Waals surface area (Å²) in [5.41, 5.74) is 1.40. The van der Waals surface area contributed by atoms with Crippen molar-refractivity contribution >= 4 is 17.6 Å². The molecular weight excluding hydrogens is 262 g/mol. The number of hydrogen-bond donors (Lipinski definition) is 1. The van der Waals surface area contributed by atoms with Crippen molar-refractivity contribution in [2.45, 2.75) is 19.4 Å². The van der Waals surface area contributed by atoms with Gasteiger partial charge in [-0.1, -0.05) is 6.07 Å². The first-order valence-corrected chi connectivity index (χ1v) is 6.39. The molecule has 0 spiro atoms. The van der Waals surface area contributed by atoms with Gasteiger partial charge in [0.15, 0.2) is 6.61 Å². The number of carbonyl (C=O) groups is 2. The van der Waals surface area contributed by atoms with Crippen molar-refractivity contribution in [2.75, 3.05) is 25.2 Å². The normalized spacial score (nSPS) is 13.7. The Labute approximate surface area is 116 Å². The SMILES string of the molecule is COC(=O)CCCN1C(=O)COc2cc(CO)ccc21. The van der Waals surface area contributed by atoms with Gasteiger partial charge in [-0.3, -0.25) is 9.59 Å². The maximum absolute atomic E-state index is 11.9. The van der Waals surface area contributed by atoms with Crippen molar-refractivity contribution in [1.29, 1.82) is 0 Å². The molecule has 0 saturated carbocycles. The quantitative estimate of drug-likeness (QED) is 0.809. The number of nitrogens with zero attached hydrogens (tertiary/aromatic N) is 1. The number of esters is 1. The van der Waals surface area contributed by atoms with Gasteiger partial charge < -0.3 is 19.5 Å². The predicted octanol–water partition coefficient (Wildman–Crippen LogP) is 0.857. The molecule has 0 atom stereocenters. The van der Waals surface area contributed by atoms with Crippen LogP contribution in [0.15, 0.2) is 18.2 Å². The molecule has 0 bridgehead atoms. The van der Waals surface area contributed by atoms with Crippen molar-refractivity contribution in [3.8, 4) is 5.75 Å². The Morgan fingerprint density at radius 2 is 2.30 bits per heavy atom. The molecule has 1 aromatic carbocycles. The number of hydrogen-bond acceptors (Lipinski definition) is 5. The first-order valence-electron chi connectivity index (χ1n) is 6.39. The molecule has 108 valence electrons. The molecule has 1 N–H and O–H groups in total. The fourth-order valence-electron chi connectivity index (χ4n) is 2.08. The molecular formula is C14H17NO5. The van der Waals surface area contributed by atoms with Crippen molar-refractivity contribution < 1.29 is 24.2 Å². The van der Waals surface area contributed by atoms with Crippen LogP contribution in [0.2, 0.25) is 0 Å². The predicted molar refractivity (Wildman–Crippen MR) is 71.5 cm³/mol. The molecule has 6 heteroatoms. The smallest absolute Gasteiger partial charge is 0.305 e. The van der Waals surface area contributed by atoms with E-state index in [0.29, 0.717) is 24.4 Å². The summed E-state index contributed by atoms with van der Waals surface area (Å²) in [6, 6.07) is 5.21. The van der Waals surface area contributed by atoms with Gasteiger partial charge in [0.05, 0.1) is 19.4 Å². The van der Waals surface area contributed by atoms with E-state index in [4.69, 9.17) is 9.84 Å².